The van der Waals surface area contributed by atoms with Crippen LogP contribution in [0.5, 0.6) is 0 Å². The number of carbonyl (C=O) groups is 1. The highest BCUT2D eigenvalue weighted by molar-refractivity contribution is 7.16. The minimum atomic E-state index is 0.0699. The zero-order valence-electron chi connectivity index (χ0n) is 10.2. The number of hydrogen-bond acceptors (Lipinski definition) is 4. The Bertz CT molecular complexity index is 497. The molecule has 5 nitrogen and oxygen atoms in total. The average Bonchev–Trinajstić information content (AvgIpc) is 2.70. The molecule has 0 aromatic carbocycles. The van der Waals surface area contributed by atoms with Gasteiger partial charge in [0.05, 0.1) is 18.4 Å². The van der Waals surface area contributed by atoms with Gasteiger partial charge in [-0.25, -0.2) is 9.50 Å². The zero-order chi connectivity index (χ0) is 12.4. The molecule has 1 amide bonds. The van der Waals surface area contributed by atoms with E-state index in [1.807, 2.05) is 27.0 Å². The zero-order valence-corrected chi connectivity index (χ0v) is 11.0. The second-order valence-electron chi connectivity index (χ2n) is 4.46. The van der Waals surface area contributed by atoms with Crippen molar-refractivity contribution in [1.82, 2.24) is 19.9 Å². The van der Waals surface area contributed by atoms with Crippen LogP contribution in [-0.2, 0) is 11.3 Å². The van der Waals surface area contributed by atoms with Crippen LogP contribution in [0.4, 0.5) is 0 Å². The van der Waals surface area contributed by atoms with Crippen LogP contribution in [0.1, 0.15) is 31.0 Å². The van der Waals surface area contributed by atoms with Crippen LogP contribution >= 0.6 is 11.3 Å². The highest BCUT2D eigenvalue weighted by Gasteiger charge is 2.08. The van der Waals surface area contributed by atoms with E-state index in [2.05, 4.69) is 15.4 Å². The monoisotopic (exact) mass is 252 g/mol. The first-order chi connectivity index (χ1) is 8.04. The maximum absolute atomic E-state index is 11.5. The molecule has 0 atom stereocenters. The number of rotatable bonds is 4. The third kappa shape index (κ3) is 3.03. The van der Waals surface area contributed by atoms with Gasteiger partial charge in [0, 0.05) is 6.42 Å². The number of carbonyl (C=O) groups excluding carboxylic acids is 1. The van der Waals surface area contributed by atoms with Crippen molar-refractivity contribution in [2.75, 3.05) is 0 Å². The Balaban J connectivity index is 1.94. The minimum Gasteiger partial charge on any atom is -0.350 e. The highest BCUT2D eigenvalue weighted by atomic mass is 32.1. The Hall–Kier alpha value is -1.43. The summed E-state index contributed by atoms with van der Waals surface area (Å²) in [5, 5.41) is 8.12. The first-order valence-electron chi connectivity index (χ1n) is 5.63. The lowest BCUT2D eigenvalue weighted by Gasteiger charge is -2.04. The molecule has 2 aromatic rings. The van der Waals surface area contributed by atoms with E-state index in [0.717, 1.165) is 15.7 Å². The predicted octanol–water partition coefficient (Wildman–Crippen LogP) is 1.76. The summed E-state index contributed by atoms with van der Waals surface area (Å²) in [5.74, 6) is 0.449. The van der Waals surface area contributed by atoms with Crippen LogP contribution in [0, 0.1) is 12.8 Å². The maximum Gasteiger partial charge on any atom is 0.220 e. The fourth-order valence-corrected chi connectivity index (χ4v) is 2.31. The standard InChI is InChI=1S/C11H16N4OS/c1-7(2)4-10(16)12-5-9-6-15-11(13-9)17-8(3)14-15/h6-7H,4-5H2,1-3H3,(H,12,16). The van der Waals surface area contributed by atoms with Gasteiger partial charge >= 0.3 is 0 Å². The van der Waals surface area contributed by atoms with Crippen molar-refractivity contribution in [2.24, 2.45) is 5.92 Å². The first-order valence-corrected chi connectivity index (χ1v) is 6.44. The van der Waals surface area contributed by atoms with Gasteiger partial charge in [0.15, 0.2) is 0 Å². The molecule has 92 valence electrons. The summed E-state index contributed by atoms with van der Waals surface area (Å²) in [5.41, 5.74) is 0.848. The molecule has 6 heteroatoms. The van der Waals surface area contributed by atoms with E-state index in [1.54, 1.807) is 15.9 Å². The van der Waals surface area contributed by atoms with E-state index in [9.17, 15) is 4.79 Å². The van der Waals surface area contributed by atoms with E-state index in [-0.39, 0.29) is 5.91 Å². The molecule has 0 aliphatic carbocycles. The smallest absolute Gasteiger partial charge is 0.220 e. The average molecular weight is 252 g/mol. The molecule has 2 heterocycles. The van der Waals surface area contributed by atoms with Gasteiger partial charge in [-0.3, -0.25) is 4.79 Å². The van der Waals surface area contributed by atoms with E-state index in [0.29, 0.717) is 18.9 Å². The molecule has 0 unspecified atom stereocenters. The van der Waals surface area contributed by atoms with Crippen LogP contribution in [-0.4, -0.2) is 20.5 Å². The van der Waals surface area contributed by atoms with E-state index >= 15 is 0 Å². The van der Waals surface area contributed by atoms with Crippen molar-refractivity contribution >= 4 is 22.2 Å². The van der Waals surface area contributed by atoms with Crippen molar-refractivity contribution in [1.29, 1.82) is 0 Å². The highest BCUT2D eigenvalue weighted by Crippen LogP contribution is 2.13. The first kappa shape index (κ1) is 12.0. The van der Waals surface area contributed by atoms with Crippen LogP contribution in [0.2, 0.25) is 0 Å². The second-order valence-corrected chi connectivity index (χ2v) is 5.62. The Morgan fingerprint density at radius 2 is 2.35 bits per heavy atom. The third-order valence-electron chi connectivity index (χ3n) is 2.25. The molecule has 17 heavy (non-hydrogen) atoms. The molecular formula is C11H16N4OS. The number of aryl methyl sites for hydroxylation is 1. The number of aromatic nitrogens is 3. The second kappa shape index (κ2) is 4.83. The quantitative estimate of drug-likeness (QED) is 0.902. The van der Waals surface area contributed by atoms with Crippen LogP contribution < -0.4 is 5.32 Å². The van der Waals surface area contributed by atoms with Gasteiger partial charge in [-0.05, 0) is 12.8 Å². The molecule has 0 saturated heterocycles. The largest absolute Gasteiger partial charge is 0.350 e. The molecule has 0 aliphatic rings. The minimum absolute atomic E-state index is 0.0699. The lowest BCUT2D eigenvalue weighted by molar-refractivity contribution is -0.121. The third-order valence-corrected chi connectivity index (χ3v) is 3.09. The lowest BCUT2D eigenvalue weighted by atomic mass is 10.1. The molecule has 2 aromatic heterocycles. The van der Waals surface area contributed by atoms with Crippen LogP contribution in [0.3, 0.4) is 0 Å². The van der Waals surface area contributed by atoms with E-state index in [4.69, 9.17) is 0 Å². The van der Waals surface area contributed by atoms with Gasteiger partial charge in [0.1, 0.15) is 5.01 Å². The SMILES string of the molecule is Cc1nn2cc(CNC(=O)CC(C)C)nc2s1. The molecule has 0 saturated carbocycles. The lowest BCUT2D eigenvalue weighted by Crippen LogP contribution is -2.24. The van der Waals surface area contributed by atoms with Gasteiger partial charge in [-0.15, -0.1) is 0 Å². The van der Waals surface area contributed by atoms with Crippen molar-refractivity contribution in [2.45, 2.75) is 33.7 Å². The number of nitrogens with one attached hydrogen (secondary N) is 1. The Morgan fingerprint density at radius 1 is 1.59 bits per heavy atom. The summed E-state index contributed by atoms with van der Waals surface area (Å²) in [6.45, 7) is 6.47. The fourth-order valence-electron chi connectivity index (χ4n) is 1.56. The van der Waals surface area contributed by atoms with Gasteiger partial charge in [0.2, 0.25) is 10.9 Å². The van der Waals surface area contributed by atoms with Gasteiger partial charge in [-0.1, -0.05) is 25.2 Å². The number of imidazole rings is 1. The molecule has 1 N–H and O–H groups in total. The molecular weight excluding hydrogens is 236 g/mol. The predicted molar refractivity (Wildman–Crippen MR) is 66.9 cm³/mol. The number of hydrogen-bond donors (Lipinski definition) is 1. The summed E-state index contributed by atoms with van der Waals surface area (Å²) >= 11 is 1.55. The number of amides is 1. The molecule has 0 fully saturated rings. The maximum atomic E-state index is 11.5. The van der Waals surface area contributed by atoms with Crippen molar-refractivity contribution in [3.8, 4) is 0 Å². The number of fused-ring (bicyclic) bond motifs is 1. The van der Waals surface area contributed by atoms with E-state index in [1.165, 1.54) is 0 Å². The van der Waals surface area contributed by atoms with Gasteiger partial charge < -0.3 is 5.32 Å². The van der Waals surface area contributed by atoms with Gasteiger partial charge in [0.25, 0.3) is 0 Å². The summed E-state index contributed by atoms with van der Waals surface area (Å²) in [4.78, 5) is 16.7. The Labute approximate surface area is 104 Å². The van der Waals surface area contributed by atoms with Crippen molar-refractivity contribution in [3.63, 3.8) is 0 Å². The summed E-state index contributed by atoms with van der Waals surface area (Å²) in [6, 6.07) is 0. The van der Waals surface area contributed by atoms with Crippen LogP contribution in [0.15, 0.2) is 6.20 Å². The summed E-state index contributed by atoms with van der Waals surface area (Å²) in [6.07, 6.45) is 2.41. The van der Waals surface area contributed by atoms with Gasteiger partial charge in [-0.2, -0.15) is 5.10 Å². The number of nitrogens with zero attached hydrogens (tertiary/aromatic N) is 3. The molecule has 0 radical (unpaired) electrons. The fraction of sp³-hybridized carbons (Fsp3) is 0.545. The topological polar surface area (TPSA) is 59.3 Å². The molecule has 0 aliphatic heterocycles. The Kier molecular flexibility index (Phi) is 3.42. The van der Waals surface area contributed by atoms with Crippen LogP contribution in [0.25, 0.3) is 4.96 Å². The molecule has 2 rings (SSSR count). The molecule has 0 bridgehead atoms. The van der Waals surface area contributed by atoms with Crippen molar-refractivity contribution in [3.05, 3.63) is 16.9 Å². The normalized spacial score (nSPS) is 11.3. The summed E-state index contributed by atoms with van der Waals surface area (Å²) in [7, 11) is 0. The Morgan fingerprint density at radius 3 is 3.00 bits per heavy atom. The molecule has 0 spiro atoms. The summed E-state index contributed by atoms with van der Waals surface area (Å²) < 4.78 is 1.75. The van der Waals surface area contributed by atoms with E-state index < -0.39 is 0 Å². The van der Waals surface area contributed by atoms with Crippen molar-refractivity contribution < 1.29 is 4.79 Å².